The summed E-state index contributed by atoms with van der Waals surface area (Å²) in [6.45, 7) is 0. The number of ketones is 3. The number of benzene rings is 4. The molecule has 0 heterocycles. The summed E-state index contributed by atoms with van der Waals surface area (Å²) in [4.78, 5) is 41.0. The summed E-state index contributed by atoms with van der Waals surface area (Å²) in [5.41, 5.74) is 3.50. The molecular formula is C31H24O3. The van der Waals surface area contributed by atoms with Crippen LogP contribution in [0, 0.1) is 5.92 Å². The van der Waals surface area contributed by atoms with Crippen molar-refractivity contribution < 1.29 is 14.4 Å². The first-order chi connectivity index (χ1) is 16.6. The minimum absolute atomic E-state index is 0.0286. The van der Waals surface area contributed by atoms with Crippen LogP contribution in [-0.4, -0.2) is 17.3 Å². The van der Waals surface area contributed by atoms with Gasteiger partial charge in [0.25, 0.3) is 0 Å². The van der Waals surface area contributed by atoms with Crippen molar-refractivity contribution in [1.82, 2.24) is 0 Å². The van der Waals surface area contributed by atoms with Gasteiger partial charge in [-0.25, -0.2) is 0 Å². The van der Waals surface area contributed by atoms with Crippen molar-refractivity contribution in [2.24, 2.45) is 5.92 Å². The average molecular weight is 445 g/mol. The van der Waals surface area contributed by atoms with E-state index in [0.717, 1.165) is 11.1 Å². The number of hydrogen-bond donors (Lipinski definition) is 0. The lowest BCUT2D eigenvalue weighted by Crippen LogP contribution is -2.29. The van der Waals surface area contributed by atoms with Crippen molar-refractivity contribution >= 4 is 17.3 Å². The van der Waals surface area contributed by atoms with Gasteiger partial charge in [0.1, 0.15) is 0 Å². The quantitative estimate of drug-likeness (QED) is 0.305. The van der Waals surface area contributed by atoms with Crippen molar-refractivity contribution in [3.05, 3.63) is 143 Å². The first-order valence-corrected chi connectivity index (χ1v) is 11.5. The molecule has 1 aliphatic carbocycles. The summed E-state index contributed by atoms with van der Waals surface area (Å²) in [5.74, 6) is -1.89. The Kier molecular flexibility index (Phi) is 6.01. The molecule has 3 heteroatoms. The monoisotopic (exact) mass is 444 g/mol. The van der Waals surface area contributed by atoms with E-state index in [1.165, 1.54) is 0 Å². The minimum Gasteiger partial charge on any atom is -0.294 e. The Hall–Kier alpha value is -4.11. The van der Waals surface area contributed by atoms with Crippen LogP contribution < -0.4 is 0 Å². The third kappa shape index (κ3) is 4.01. The lowest BCUT2D eigenvalue weighted by atomic mass is 9.76. The van der Waals surface area contributed by atoms with Crippen molar-refractivity contribution in [3.63, 3.8) is 0 Å². The van der Waals surface area contributed by atoms with Crippen LogP contribution in [-0.2, 0) is 0 Å². The van der Waals surface area contributed by atoms with E-state index in [9.17, 15) is 14.4 Å². The molecule has 5 rings (SSSR count). The second-order valence-electron chi connectivity index (χ2n) is 8.69. The highest BCUT2D eigenvalue weighted by Gasteiger charge is 2.48. The summed E-state index contributed by atoms with van der Waals surface area (Å²) in [6.07, 6.45) is 0.169. The van der Waals surface area contributed by atoms with Crippen LogP contribution in [0.3, 0.4) is 0 Å². The predicted octanol–water partition coefficient (Wildman–Crippen LogP) is 6.52. The van der Waals surface area contributed by atoms with Crippen LogP contribution in [0.1, 0.15) is 60.5 Å². The molecule has 4 aromatic carbocycles. The number of fused-ring (bicyclic) bond motifs is 1. The Labute approximate surface area is 199 Å². The maximum atomic E-state index is 13.9. The van der Waals surface area contributed by atoms with E-state index < -0.39 is 11.8 Å². The molecule has 0 aliphatic heterocycles. The molecule has 4 aromatic rings. The number of hydrogen-bond acceptors (Lipinski definition) is 3. The van der Waals surface area contributed by atoms with Gasteiger partial charge in [-0.15, -0.1) is 0 Å². The van der Waals surface area contributed by atoms with Gasteiger partial charge in [0.2, 0.25) is 0 Å². The van der Waals surface area contributed by atoms with Crippen molar-refractivity contribution in [2.45, 2.75) is 18.3 Å². The third-order valence-corrected chi connectivity index (χ3v) is 6.73. The van der Waals surface area contributed by atoms with Gasteiger partial charge in [0, 0.05) is 34.9 Å². The van der Waals surface area contributed by atoms with E-state index in [2.05, 4.69) is 0 Å². The van der Waals surface area contributed by atoms with E-state index in [4.69, 9.17) is 0 Å². The number of Topliss-reactive ketones (excluding diaryl/α,β-unsaturated/α-hetero) is 3. The van der Waals surface area contributed by atoms with E-state index in [0.29, 0.717) is 16.7 Å². The van der Waals surface area contributed by atoms with Crippen LogP contribution in [0.5, 0.6) is 0 Å². The zero-order chi connectivity index (χ0) is 23.5. The van der Waals surface area contributed by atoms with Gasteiger partial charge in [-0.05, 0) is 11.1 Å². The third-order valence-electron chi connectivity index (χ3n) is 6.73. The maximum Gasteiger partial charge on any atom is 0.171 e. The SMILES string of the molecule is O=C(C[C@@H]1c2ccccc2[C@@H](C(=O)c2ccccc2)[C@@H]1C(=O)c1ccccc1)c1ccccc1. The molecule has 0 unspecified atom stereocenters. The Balaban J connectivity index is 1.62. The van der Waals surface area contributed by atoms with Crippen molar-refractivity contribution in [2.75, 3.05) is 0 Å². The molecule has 3 nitrogen and oxygen atoms in total. The van der Waals surface area contributed by atoms with Gasteiger partial charge in [0.15, 0.2) is 17.3 Å². The first kappa shape index (κ1) is 21.7. The molecule has 0 spiro atoms. The number of carbonyl (C=O) groups excluding carboxylic acids is 3. The summed E-state index contributed by atoms with van der Waals surface area (Å²) >= 11 is 0. The first-order valence-electron chi connectivity index (χ1n) is 11.5. The minimum atomic E-state index is -0.653. The standard InChI is InChI=1S/C31H24O3/c32-27(21-12-4-1-5-13-21)20-26-24-18-10-11-19-25(24)28(30(33)22-14-6-2-7-15-22)29(26)31(34)23-16-8-3-9-17-23/h1-19,26,28-29H,20H2/t26-,28-,29-/m1/s1. The van der Waals surface area contributed by atoms with E-state index in [-0.39, 0.29) is 29.7 Å². The van der Waals surface area contributed by atoms with Gasteiger partial charge in [-0.1, -0.05) is 115 Å². The van der Waals surface area contributed by atoms with Gasteiger partial charge >= 0.3 is 0 Å². The Morgan fingerprint density at radius 2 is 0.941 bits per heavy atom. The van der Waals surface area contributed by atoms with Gasteiger partial charge in [0.05, 0.1) is 5.92 Å². The van der Waals surface area contributed by atoms with Crippen molar-refractivity contribution in [3.8, 4) is 0 Å². The predicted molar refractivity (Wildman–Crippen MR) is 132 cm³/mol. The van der Waals surface area contributed by atoms with Gasteiger partial charge in [-0.2, -0.15) is 0 Å². The number of carbonyl (C=O) groups is 3. The van der Waals surface area contributed by atoms with Crippen LogP contribution in [0.4, 0.5) is 0 Å². The van der Waals surface area contributed by atoms with Gasteiger partial charge < -0.3 is 0 Å². The smallest absolute Gasteiger partial charge is 0.171 e. The molecular weight excluding hydrogens is 420 g/mol. The Bertz CT molecular complexity index is 1330. The fraction of sp³-hybridized carbons (Fsp3) is 0.129. The van der Waals surface area contributed by atoms with E-state index >= 15 is 0 Å². The second kappa shape index (κ2) is 9.40. The molecule has 0 amide bonds. The Morgan fingerprint density at radius 1 is 0.500 bits per heavy atom. The summed E-state index contributed by atoms with van der Waals surface area (Å²) in [6, 6.07) is 35.0. The molecule has 0 fully saturated rings. The molecule has 0 saturated heterocycles. The van der Waals surface area contributed by atoms with E-state index in [1.807, 2.05) is 78.9 Å². The lowest BCUT2D eigenvalue weighted by molar-refractivity contribution is 0.0799. The fourth-order valence-corrected chi connectivity index (χ4v) is 5.14. The molecule has 0 aromatic heterocycles. The zero-order valence-corrected chi connectivity index (χ0v) is 18.6. The molecule has 1 aliphatic rings. The molecule has 0 saturated carbocycles. The second-order valence-corrected chi connectivity index (χ2v) is 8.69. The highest BCUT2D eigenvalue weighted by atomic mass is 16.1. The highest BCUT2D eigenvalue weighted by Crippen LogP contribution is 2.51. The number of rotatable bonds is 7. The maximum absolute atomic E-state index is 13.9. The lowest BCUT2D eigenvalue weighted by Gasteiger charge is -2.24. The summed E-state index contributed by atoms with van der Waals surface area (Å²) in [7, 11) is 0. The van der Waals surface area contributed by atoms with Crippen LogP contribution in [0.15, 0.2) is 115 Å². The van der Waals surface area contributed by atoms with Crippen LogP contribution in [0.25, 0.3) is 0 Å². The fourth-order valence-electron chi connectivity index (χ4n) is 5.14. The molecule has 166 valence electrons. The average Bonchev–Trinajstić information content (AvgIpc) is 3.23. The summed E-state index contributed by atoms with van der Waals surface area (Å²) in [5, 5.41) is 0. The largest absolute Gasteiger partial charge is 0.294 e. The highest BCUT2D eigenvalue weighted by molar-refractivity contribution is 6.09. The Morgan fingerprint density at radius 3 is 1.50 bits per heavy atom. The molecule has 34 heavy (non-hydrogen) atoms. The van der Waals surface area contributed by atoms with Crippen LogP contribution in [0.2, 0.25) is 0 Å². The molecule has 3 atom stereocenters. The van der Waals surface area contributed by atoms with Crippen molar-refractivity contribution in [1.29, 1.82) is 0 Å². The molecule has 0 bridgehead atoms. The normalized spacial score (nSPS) is 18.8. The van der Waals surface area contributed by atoms with Crippen LogP contribution >= 0.6 is 0 Å². The zero-order valence-electron chi connectivity index (χ0n) is 18.6. The van der Waals surface area contributed by atoms with Gasteiger partial charge in [-0.3, -0.25) is 14.4 Å². The summed E-state index contributed by atoms with van der Waals surface area (Å²) < 4.78 is 0. The topological polar surface area (TPSA) is 51.2 Å². The van der Waals surface area contributed by atoms with E-state index in [1.54, 1.807) is 36.4 Å². The molecule has 0 radical (unpaired) electrons. The molecule has 0 N–H and O–H groups in total.